The Labute approximate surface area is 182 Å². The summed E-state index contributed by atoms with van der Waals surface area (Å²) in [6.07, 6.45) is 0. The van der Waals surface area contributed by atoms with E-state index in [0.717, 1.165) is 0 Å². The van der Waals surface area contributed by atoms with Crippen LogP contribution in [0, 0.1) is 13.8 Å². The van der Waals surface area contributed by atoms with Gasteiger partial charge in [-0.2, -0.15) is 0 Å². The average molecular weight is 395 g/mol. The van der Waals surface area contributed by atoms with Crippen LogP contribution in [0.1, 0.15) is 63.8 Å². The molecule has 0 bridgehead atoms. The zero-order valence-corrected chi connectivity index (χ0v) is 19.8. The van der Waals surface area contributed by atoms with Crippen molar-refractivity contribution in [1.82, 2.24) is 0 Å². The molecule has 0 spiro atoms. The highest BCUT2D eigenvalue weighted by Gasteiger charge is 2.18. The molecular formula is C30H34. The Hall–Kier alpha value is -2.60. The van der Waals surface area contributed by atoms with Crippen molar-refractivity contribution < 1.29 is 0 Å². The van der Waals surface area contributed by atoms with E-state index in [-0.39, 0.29) is 10.8 Å². The largest absolute Gasteiger partial charge is 0.0579 e. The molecular weight excluding hydrogens is 360 g/mol. The van der Waals surface area contributed by atoms with E-state index in [1.165, 1.54) is 54.9 Å². The van der Waals surface area contributed by atoms with Gasteiger partial charge in [-0.15, -0.1) is 0 Å². The second-order valence-electron chi connectivity index (χ2n) is 10.9. The van der Waals surface area contributed by atoms with Gasteiger partial charge in [0.15, 0.2) is 0 Å². The minimum atomic E-state index is 0.125. The average Bonchev–Trinajstić information content (AvgIpc) is 2.66. The van der Waals surface area contributed by atoms with E-state index in [0.29, 0.717) is 0 Å². The summed E-state index contributed by atoms with van der Waals surface area (Å²) in [7, 11) is 0. The Kier molecular flexibility index (Phi) is 4.81. The Morgan fingerprint density at radius 3 is 1.63 bits per heavy atom. The van der Waals surface area contributed by atoms with Crippen LogP contribution in [0.25, 0.3) is 32.7 Å². The number of aryl methyl sites for hydroxylation is 2. The normalized spacial score (nSPS) is 12.7. The maximum atomic E-state index is 2.41. The van der Waals surface area contributed by atoms with Gasteiger partial charge in [-0.25, -0.2) is 0 Å². The molecule has 0 radical (unpaired) electrons. The molecule has 154 valence electrons. The van der Waals surface area contributed by atoms with Crippen molar-refractivity contribution in [1.29, 1.82) is 0 Å². The molecule has 0 N–H and O–H groups in total. The molecule has 0 aliphatic heterocycles. The van der Waals surface area contributed by atoms with Gasteiger partial charge in [0.1, 0.15) is 0 Å². The summed E-state index contributed by atoms with van der Waals surface area (Å²) in [6, 6.07) is 23.3. The lowest BCUT2D eigenvalue weighted by atomic mass is 9.82. The smallest absolute Gasteiger partial charge is 0.00266 e. The fraction of sp³-hybridized carbons (Fsp3) is 0.333. The Bertz CT molecular complexity index is 1240. The lowest BCUT2D eigenvalue weighted by Gasteiger charge is -2.22. The van der Waals surface area contributed by atoms with Crippen LogP contribution in [0.2, 0.25) is 0 Å². The number of hydrogen-bond acceptors (Lipinski definition) is 0. The highest BCUT2D eigenvalue weighted by molar-refractivity contribution is 6.13. The molecule has 0 saturated heterocycles. The van der Waals surface area contributed by atoms with Gasteiger partial charge in [0, 0.05) is 0 Å². The molecule has 0 aliphatic rings. The monoisotopic (exact) mass is 394 g/mol. The van der Waals surface area contributed by atoms with E-state index >= 15 is 0 Å². The van der Waals surface area contributed by atoms with E-state index in [4.69, 9.17) is 0 Å². The molecule has 0 heterocycles. The first-order chi connectivity index (χ1) is 13.9. The predicted octanol–water partition coefficient (Wildman–Crippen LogP) is 8.87. The lowest BCUT2D eigenvalue weighted by Crippen LogP contribution is -2.11. The molecule has 0 saturated carbocycles. The van der Waals surface area contributed by atoms with Crippen LogP contribution in [0.4, 0.5) is 0 Å². The molecule has 0 nitrogen and oxygen atoms in total. The van der Waals surface area contributed by atoms with Crippen molar-refractivity contribution in [2.45, 2.75) is 66.2 Å². The van der Waals surface area contributed by atoms with Crippen molar-refractivity contribution in [3.63, 3.8) is 0 Å². The van der Waals surface area contributed by atoms with Crippen LogP contribution in [0.3, 0.4) is 0 Å². The molecule has 30 heavy (non-hydrogen) atoms. The minimum absolute atomic E-state index is 0.125. The Morgan fingerprint density at radius 1 is 0.500 bits per heavy atom. The zero-order chi connectivity index (χ0) is 21.8. The fourth-order valence-corrected chi connectivity index (χ4v) is 4.30. The van der Waals surface area contributed by atoms with Gasteiger partial charge in [0.05, 0.1) is 0 Å². The van der Waals surface area contributed by atoms with Gasteiger partial charge in [-0.3, -0.25) is 0 Å². The van der Waals surface area contributed by atoms with Crippen LogP contribution in [0.5, 0.6) is 0 Å². The second-order valence-corrected chi connectivity index (χ2v) is 10.9. The third kappa shape index (κ3) is 3.65. The van der Waals surface area contributed by atoms with Gasteiger partial charge in [-0.1, -0.05) is 90.1 Å². The summed E-state index contributed by atoms with van der Waals surface area (Å²) >= 11 is 0. The van der Waals surface area contributed by atoms with E-state index < -0.39 is 0 Å². The van der Waals surface area contributed by atoms with Gasteiger partial charge in [-0.05, 0) is 91.7 Å². The molecule has 0 atom stereocenters. The van der Waals surface area contributed by atoms with Crippen molar-refractivity contribution in [2.75, 3.05) is 0 Å². The molecule has 0 fully saturated rings. The van der Waals surface area contributed by atoms with Crippen LogP contribution in [0.15, 0.2) is 60.7 Å². The van der Waals surface area contributed by atoms with E-state index in [2.05, 4.69) is 116 Å². The summed E-state index contributed by atoms with van der Waals surface area (Å²) in [5.74, 6) is 0. The maximum absolute atomic E-state index is 2.41. The molecule has 4 aromatic carbocycles. The minimum Gasteiger partial charge on any atom is -0.0579 e. The lowest BCUT2D eigenvalue weighted by molar-refractivity contribution is 0.590. The summed E-state index contributed by atoms with van der Waals surface area (Å²) < 4.78 is 0. The van der Waals surface area contributed by atoms with Crippen molar-refractivity contribution in [3.8, 4) is 11.1 Å². The number of hydrogen-bond donors (Lipinski definition) is 0. The van der Waals surface area contributed by atoms with Crippen LogP contribution in [-0.2, 0) is 10.8 Å². The highest BCUT2D eigenvalue weighted by atomic mass is 14.2. The van der Waals surface area contributed by atoms with Gasteiger partial charge < -0.3 is 0 Å². The molecule has 0 unspecified atom stereocenters. The van der Waals surface area contributed by atoms with Crippen LogP contribution >= 0.6 is 0 Å². The molecule has 4 aromatic rings. The van der Waals surface area contributed by atoms with Gasteiger partial charge >= 0.3 is 0 Å². The van der Waals surface area contributed by atoms with E-state index in [1.54, 1.807) is 0 Å². The summed E-state index contributed by atoms with van der Waals surface area (Å²) in [4.78, 5) is 0. The first-order valence-corrected chi connectivity index (χ1v) is 11.0. The number of benzene rings is 4. The van der Waals surface area contributed by atoms with E-state index in [9.17, 15) is 0 Å². The van der Waals surface area contributed by atoms with Crippen molar-refractivity contribution in [3.05, 3.63) is 82.9 Å². The second kappa shape index (κ2) is 6.98. The molecule has 0 aromatic heterocycles. The Balaban J connectivity index is 2.10. The number of rotatable bonds is 1. The topological polar surface area (TPSA) is 0 Å². The molecule has 0 aliphatic carbocycles. The first kappa shape index (κ1) is 20.7. The quantitative estimate of drug-likeness (QED) is 0.283. The van der Waals surface area contributed by atoms with E-state index in [1.807, 2.05) is 0 Å². The third-order valence-electron chi connectivity index (χ3n) is 6.47. The maximum Gasteiger partial charge on any atom is -0.00266 e. The zero-order valence-electron chi connectivity index (χ0n) is 19.8. The van der Waals surface area contributed by atoms with Crippen LogP contribution < -0.4 is 0 Å². The van der Waals surface area contributed by atoms with Gasteiger partial charge in [0.2, 0.25) is 0 Å². The van der Waals surface area contributed by atoms with Gasteiger partial charge in [0.25, 0.3) is 0 Å². The van der Waals surface area contributed by atoms with Crippen molar-refractivity contribution >= 4 is 21.5 Å². The molecule has 0 heteroatoms. The molecule has 0 amide bonds. The fourth-order valence-electron chi connectivity index (χ4n) is 4.30. The standard InChI is InChI=1S/C30H34/c1-19-15-23-17-22-11-14-25(30(6,7)8)18-27(22)28(26(23)16-20(19)2)21-9-12-24(13-10-21)29(3,4)5/h9-18H,1-8H3. The first-order valence-electron chi connectivity index (χ1n) is 11.0. The van der Waals surface area contributed by atoms with Crippen LogP contribution in [-0.4, -0.2) is 0 Å². The SMILES string of the molecule is Cc1cc2cc3ccc(C(C)(C)C)cc3c(-c3ccc(C(C)(C)C)cc3)c2cc1C. The summed E-state index contributed by atoms with van der Waals surface area (Å²) in [5, 5.41) is 5.33. The summed E-state index contributed by atoms with van der Waals surface area (Å²) in [5.41, 5.74) is 8.39. The summed E-state index contributed by atoms with van der Waals surface area (Å²) in [6.45, 7) is 18.1. The predicted molar refractivity (Wildman–Crippen MR) is 134 cm³/mol. The highest BCUT2D eigenvalue weighted by Crippen LogP contribution is 2.40. The van der Waals surface area contributed by atoms with Crippen molar-refractivity contribution in [2.24, 2.45) is 0 Å². The Morgan fingerprint density at radius 2 is 1.03 bits per heavy atom. The number of fused-ring (bicyclic) bond motifs is 2. The third-order valence-corrected chi connectivity index (χ3v) is 6.47. The molecule has 4 rings (SSSR count).